The molecule has 1 rings (SSSR count). The van der Waals surface area contributed by atoms with Crippen LogP contribution >= 0.6 is 0 Å². The molecule has 104 valence electrons. The molecule has 0 fully saturated rings. The van der Waals surface area contributed by atoms with Gasteiger partial charge >= 0.3 is 0 Å². The Morgan fingerprint density at radius 1 is 1.63 bits per heavy atom. The first-order chi connectivity index (χ1) is 8.99. The van der Waals surface area contributed by atoms with Crippen molar-refractivity contribution in [2.75, 3.05) is 11.9 Å². The van der Waals surface area contributed by atoms with E-state index in [2.05, 4.69) is 10.3 Å². The lowest BCUT2D eigenvalue weighted by atomic mass is 10.1. The smallest absolute Gasteiger partial charge is 0.288 e. The van der Waals surface area contributed by atoms with Crippen LogP contribution in [-0.4, -0.2) is 28.4 Å². The molecule has 0 aliphatic heterocycles. The molecule has 1 heterocycles. The Balaban J connectivity index is 3.06. The molecule has 0 aromatic carbocycles. The average molecular weight is 267 g/mol. The summed E-state index contributed by atoms with van der Waals surface area (Å²) >= 11 is 0. The molecule has 8 heteroatoms. The molecule has 1 aromatic heterocycles. The normalized spacial score (nSPS) is 11.9. The van der Waals surface area contributed by atoms with Crippen LogP contribution in [0, 0.1) is 10.1 Å². The topological polar surface area (TPSA) is 137 Å². The molecule has 0 radical (unpaired) electrons. The van der Waals surface area contributed by atoms with Gasteiger partial charge in [0.25, 0.3) is 11.6 Å². The van der Waals surface area contributed by atoms with Crippen molar-refractivity contribution in [3.05, 3.63) is 27.9 Å². The van der Waals surface area contributed by atoms with E-state index in [1.165, 1.54) is 0 Å². The number of aromatic nitrogens is 1. The highest BCUT2D eigenvalue weighted by molar-refractivity contribution is 5.98. The molecule has 1 amide bonds. The van der Waals surface area contributed by atoms with Crippen molar-refractivity contribution >= 4 is 17.4 Å². The molecule has 0 aliphatic rings. The highest BCUT2D eigenvalue weighted by Crippen LogP contribution is 2.19. The number of amides is 1. The minimum absolute atomic E-state index is 0.0104. The quantitative estimate of drug-likeness (QED) is 0.489. The van der Waals surface area contributed by atoms with Crippen LogP contribution in [0.4, 0.5) is 11.5 Å². The molecule has 0 saturated heterocycles. The zero-order valence-corrected chi connectivity index (χ0v) is 10.6. The molecule has 1 aromatic rings. The summed E-state index contributed by atoms with van der Waals surface area (Å²) in [5, 5.41) is 13.6. The number of pyridine rings is 1. The largest absolute Gasteiger partial charge is 0.365 e. The Kier molecular flexibility index (Phi) is 5.19. The first-order valence-corrected chi connectivity index (χ1v) is 5.90. The summed E-state index contributed by atoms with van der Waals surface area (Å²) in [6.07, 6.45) is 2.79. The Morgan fingerprint density at radius 3 is 2.79 bits per heavy atom. The first kappa shape index (κ1) is 14.8. The van der Waals surface area contributed by atoms with Gasteiger partial charge in [0, 0.05) is 18.7 Å². The highest BCUT2D eigenvalue weighted by Gasteiger charge is 2.18. The van der Waals surface area contributed by atoms with Gasteiger partial charge in [-0.2, -0.15) is 0 Å². The molecule has 19 heavy (non-hydrogen) atoms. The monoisotopic (exact) mass is 267 g/mol. The first-order valence-electron chi connectivity index (χ1n) is 5.90. The van der Waals surface area contributed by atoms with Crippen molar-refractivity contribution < 1.29 is 9.72 Å². The van der Waals surface area contributed by atoms with Crippen molar-refractivity contribution in [1.82, 2.24) is 4.98 Å². The fourth-order valence-corrected chi connectivity index (χ4v) is 1.65. The van der Waals surface area contributed by atoms with Crippen molar-refractivity contribution in [2.24, 2.45) is 11.5 Å². The van der Waals surface area contributed by atoms with Crippen LogP contribution in [0.15, 0.2) is 12.3 Å². The lowest BCUT2D eigenvalue weighted by Crippen LogP contribution is -2.30. The summed E-state index contributed by atoms with van der Waals surface area (Å²) in [4.78, 5) is 25.2. The van der Waals surface area contributed by atoms with E-state index >= 15 is 0 Å². The van der Waals surface area contributed by atoms with Crippen LogP contribution in [0.25, 0.3) is 0 Å². The average Bonchev–Trinajstić information content (AvgIpc) is 2.37. The van der Waals surface area contributed by atoms with E-state index in [-0.39, 0.29) is 23.1 Å². The van der Waals surface area contributed by atoms with Crippen molar-refractivity contribution in [3.8, 4) is 0 Å². The number of nitrogens with one attached hydrogen (secondary N) is 1. The molecular weight excluding hydrogens is 250 g/mol. The summed E-state index contributed by atoms with van der Waals surface area (Å²) in [6, 6.07) is 1.05. The number of rotatable bonds is 7. The maximum atomic E-state index is 11.3. The minimum Gasteiger partial charge on any atom is -0.365 e. The Hall–Kier alpha value is -2.22. The van der Waals surface area contributed by atoms with Crippen molar-refractivity contribution in [2.45, 2.75) is 25.8 Å². The number of carbonyl (C=O) groups excluding carboxylic acids is 1. The van der Waals surface area contributed by atoms with Gasteiger partial charge in [-0.05, 0) is 6.42 Å². The third-order valence-corrected chi connectivity index (χ3v) is 2.61. The minimum atomic E-state index is -0.772. The van der Waals surface area contributed by atoms with E-state index in [1.807, 2.05) is 6.92 Å². The summed E-state index contributed by atoms with van der Waals surface area (Å²) in [5.74, 6) is -0.548. The molecule has 5 N–H and O–H groups in total. The second kappa shape index (κ2) is 6.64. The predicted molar refractivity (Wildman–Crippen MR) is 70.8 cm³/mol. The van der Waals surface area contributed by atoms with Crippen LogP contribution in [0.5, 0.6) is 0 Å². The van der Waals surface area contributed by atoms with Gasteiger partial charge in [0.15, 0.2) is 0 Å². The molecular formula is C11H17N5O3. The number of nitrogens with two attached hydrogens (primary N) is 2. The molecule has 1 atom stereocenters. The highest BCUT2D eigenvalue weighted by atomic mass is 16.6. The molecule has 0 saturated carbocycles. The van der Waals surface area contributed by atoms with Crippen molar-refractivity contribution in [1.29, 1.82) is 0 Å². The number of hydrogen-bond donors (Lipinski definition) is 3. The van der Waals surface area contributed by atoms with Gasteiger partial charge in [-0.15, -0.1) is 0 Å². The second-order valence-electron chi connectivity index (χ2n) is 4.08. The third-order valence-electron chi connectivity index (χ3n) is 2.61. The summed E-state index contributed by atoms with van der Waals surface area (Å²) in [6.45, 7) is 2.37. The maximum absolute atomic E-state index is 11.3. The van der Waals surface area contributed by atoms with E-state index in [4.69, 9.17) is 11.5 Å². The predicted octanol–water partition coefficient (Wildman–Crippen LogP) is 0.628. The zero-order valence-electron chi connectivity index (χ0n) is 10.6. The molecule has 0 bridgehead atoms. The fraction of sp³-hybridized carbons (Fsp3) is 0.455. The molecule has 1 unspecified atom stereocenters. The van der Waals surface area contributed by atoms with E-state index in [0.29, 0.717) is 6.54 Å². The Labute approximate surface area is 110 Å². The lowest BCUT2D eigenvalue weighted by molar-refractivity contribution is -0.385. The lowest BCUT2D eigenvalue weighted by Gasteiger charge is -2.17. The SMILES string of the molecule is CCCC(CN)Nc1ncc([N+](=O)[O-])cc1C(N)=O. The van der Waals surface area contributed by atoms with E-state index < -0.39 is 10.8 Å². The van der Waals surface area contributed by atoms with Crippen molar-refractivity contribution in [3.63, 3.8) is 0 Å². The van der Waals surface area contributed by atoms with Gasteiger partial charge in [-0.1, -0.05) is 13.3 Å². The van der Waals surface area contributed by atoms with Crippen LogP contribution in [0.1, 0.15) is 30.1 Å². The van der Waals surface area contributed by atoms with Gasteiger partial charge in [0.05, 0.1) is 10.5 Å². The van der Waals surface area contributed by atoms with E-state index in [9.17, 15) is 14.9 Å². The van der Waals surface area contributed by atoms with E-state index in [0.717, 1.165) is 25.1 Å². The standard InChI is InChI=1S/C11H17N5O3/c1-2-3-7(5-12)15-11-9(10(13)17)4-8(6-14-11)16(18)19/h4,6-7H,2-3,5,12H2,1H3,(H2,13,17)(H,14,15). The Bertz CT molecular complexity index is 477. The van der Waals surface area contributed by atoms with Gasteiger partial charge < -0.3 is 16.8 Å². The second-order valence-corrected chi connectivity index (χ2v) is 4.08. The number of nitrogens with zero attached hydrogens (tertiary/aromatic N) is 2. The van der Waals surface area contributed by atoms with Gasteiger partial charge in [0.1, 0.15) is 12.0 Å². The third kappa shape index (κ3) is 3.88. The van der Waals surface area contributed by atoms with Crippen LogP contribution in [-0.2, 0) is 0 Å². The maximum Gasteiger partial charge on any atom is 0.288 e. The number of nitro groups is 1. The summed E-state index contributed by atoms with van der Waals surface area (Å²) in [5.41, 5.74) is 10.5. The fourth-order valence-electron chi connectivity index (χ4n) is 1.65. The number of primary amides is 1. The molecule has 8 nitrogen and oxygen atoms in total. The number of anilines is 1. The summed E-state index contributed by atoms with van der Waals surface area (Å²) in [7, 11) is 0. The molecule has 0 spiro atoms. The summed E-state index contributed by atoms with van der Waals surface area (Å²) < 4.78 is 0. The van der Waals surface area contributed by atoms with Gasteiger partial charge in [-0.25, -0.2) is 4.98 Å². The van der Waals surface area contributed by atoms with E-state index in [1.54, 1.807) is 0 Å². The zero-order chi connectivity index (χ0) is 14.4. The Morgan fingerprint density at radius 2 is 2.32 bits per heavy atom. The van der Waals surface area contributed by atoms with Crippen LogP contribution < -0.4 is 16.8 Å². The number of hydrogen-bond acceptors (Lipinski definition) is 6. The molecule has 0 aliphatic carbocycles. The van der Waals surface area contributed by atoms with Crippen LogP contribution in [0.2, 0.25) is 0 Å². The van der Waals surface area contributed by atoms with Gasteiger partial charge in [0.2, 0.25) is 0 Å². The number of carbonyl (C=O) groups is 1. The van der Waals surface area contributed by atoms with Gasteiger partial charge in [-0.3, -0.25) is 14.9 Å². The van der Waals surface area contributed by atoms with Crippen LogP contribution in [0.3, 0.4) is 0 Å².